The molecule has 0 fully saturated rings. The standard InChI is InChI=1S/C13H13FO2S/c1-8-3-6-12(17-8)13(15)10-7-9(14)4-5-11(10)16-2/h3-7,13,15H,1-2H3/t13-/m1/s1. The molecule has 0 saturated heterocycles. The van der Waals surface area contributed by atoms with E-state index < -0.39 is 6.10 Å². The second-order valence-electron chi connectivity index (χ2n) is 3.74. The van der Waals surface area contributed by atoms with Crippen LogP contribution in [-0.4, -0.2) is 12.2 Å². The second-order valence-corrected chi connectivity index (χ2v) is 5.06. The molecule has 2 nitrogen and oxygen atoms in total. The number of methoxy groups -OCH3 is 1. The number of hydrogen-bond acceptors (Lipinski definition) is 3. The Balaban J connectivity index is 2.42. The smallest absolute Gasteiger partial charge is 0.125 e. The SMILES string of the molecule is COc1ccc(F)cc1[C@@H](O)c1ccc(C)s1. The molecule has 17 heavy (non-hydrogen) atoms. The zero-order valence-corrected chi connectivity index (χ0v) is 10.4. The van der Waals surface area contributed by atoms with E-state index in [1.54, 1.807) is 0 Å². The van der Waals surface area contributed by atoms with E-state index in [0.29, 0.717) is 11.3 Å². The predicted molar refractivity (Wildman–Crippen MR) is 66.1 cm³/mol. The molecule has 0 amide bonds. The maximum absolute atomic E-state index is 13.2. The van der Waals surface area contributed by atoms with Crippen LogP contribution in [0.15, 0.2) is 30.3 Å². The van der Waals surface area contributed by atoms with Crippen molar-refractivity contribution >= 4 is 11.3 Å². The maximum Gasteiger partial charge on any atom is 0.125 e. The molecule has 0 aliphatic rings. The summed E-state index contributed by atoms with van der Waals surface area (Å²) in [5, 5.41) is 10.2. The van der Waals surface area contributed by atoms with E-state index >= 15 is 0 Å². The van der Waals surface area contributed by atoms with Gasteiger partial charge in [-0.3, -0.25) is 0 Å². The van der Waals surface area contributed by atoms with Gasteiger partial charge in [0.05, 0.1) is 7.11 Å². The van der Waals surface area contributed by atoms with Crippen LogP contribution in [0.25, 0.3) is 0 Å². The highest BCUT2D eigenvalue weighted by Crippen LogP contribution is 2.33. The lowest BCUT2D eigenvalue weighted by molar-refractivity contribution is 0.218. The molecule has 1 N–H and O–H groups in total. The lowest BCUT2D eigenvalue weighted by atomic mass is 10.1. The van der Waals surface area contributed by atoms with E-state index in [1.165, 1.54) is 36.6 Å². The number of aliphatic hydroxyl groups is 1. The summed E-state index contributed by atoms with van der Waals surface area (Å²) in [6.45, 7) is 1.96. The fourth-order valence-electron chi connectivity index (χ4n) is 1.67. The Kier molecular flexibility index (Phi) is 3.45. The van der Waals surface area contributed by atoms with E-state index in [1.807, 2.05) is 19.1 Å². The number of hydrogen-bond donors (Lipinski definition) is 1. The number of benzene rings is 1. The Hall–Kier alpha value is -1.39. The third kappa shape index (κ3) is 2.48. The van der Waals surface area contributed by atoms with Crippen molar-refractivity contribution in [1.82, 2.24) is 0 Å². The minimum Gasteiger partial charge on any atom is -0.496 e. The second kappa shape index (κ2) is 4.85. The van der Waals surface area contributed by atoms with Crippen molar-refractivity contribution < 1.29 is 14.2 Å². The average molecular weight is 252 g/mol. The zero-order chi connectivity index (χ0) is 12.4. The van der Waals surface area contributed by atoms with Gasteiger partial charge in [0.25, 0.3) is 0 Å². The summed E-state index contributed by atoms with van der Waals surface area (Å²) in [5.41, 5.74) is 0.453. The van der Waals surface area contributed by atoms with Crippen LogP contribution in [-0.2, 0) is 0 Å². The van der Waals surface area contributed by atoms with Crippen molar-refractivity contribution in [2.45, 2.75) is 13.0 Å². The number of ether oxygens (including phenoxy) is 1. The first kappa shape index (κ1) is 12.1. The third-order valence-electron chi connectivity index (χ3n) is 2.52. The Bertz CT molecular complexity index is 522. The summed E-state index contributed by atoms with van der Waals surface area (Å²) in [4.78, 5) is 1.89. The molecule has 1 aromatic carbocycles. The summed E-state index contributed by atoms with van der Waals surface area (Å²) >= 11 is 1.49. The Labute approximate surface area is 103 Å². The molecule has 1 atom stereocenters. The zero-order valence-electron chi connectivity index (χ0n) is 9.61. The van der Waals surface area contributed by atoms with Crippen LogP contribution in [0.2, 0.25) is 0 Å². The van der Waals surface area contributed by atoms with Crippen molar-refractivity contribution in [3.05, 3.63) is 51.5 Å². The summed E-state index contributed by atoms with van der Waals surface area (Å²) in [6.07, 6.45) is -0.848. The van der Waals surface area contributed by atoms with E-state index in [4.69, 9.17) is 4.74 Å². The van der Waals surface area contributed by atoms with Crippen LogP contribution in [0, 0.1) is 12.7 Å². The highest BCUT2D eigenvalue weighted by Gasteiger charge is 2.17. The minimum absolute atomic E-state index is 0.381. The topological polar surface area (TPSA) is 29.5 Å². The van der Waals surface area contributed by atoms with Gasteiger partial charge in [0, 0.05) is 15.3 Å². The van der Waals surface area contributed by atoms with Crippen molar-refractivity contribution in [3.63, 3.8) is 0 Å². The van der Waals surface area contributed by atoms with E-state index in [0.717, 1.165) is 9.75 Å². The van der Waals surface area contributed by atoms with E-state index in [-0.39, 0.29) is 5.82 Å². The normalized spacial score (nSPS) is 12.5. The van der Waals surface area contributed by atoms with Gasteiger partial charge < -0.3 is 9.84 Å². The van der Waals surface area contributed by atoms with Gasteiger partial charge in [-0.2, -0.15) is 0 Å². The molecular formula is C13H13FO2S. The van der Waals surface area contributed by atoms with Crippen molar-refractivity contribution in [3.8, 4) is 5.75 Å². The van der Waals surface area contributed by atoms with Crippen LogP contribution >= 0.6 is 11.3 Å². The predicted octanol–water partition coefficient (Wildman–Crippen LogP) is 3.29. The molecule has 0 aliphatic heterocycles. The molecule has 0 spiro atoms. The third-order valence-corrected chi connectivity index (χ3v) is 3.57. The van der Waals surface area contributed by atoms with Gasteiger partial charge in [0.15, 0.2) is 0 Å². The molecule has 0 unspecified atom stereocenters. The van der Waals surface area contributed by atoms with Gasteiger partial charge in [0.1, 0.15) is 17.7 Å². The minimum atomic E-state index is -0.848. The monoisotopic (exact) mass is 252 g/mol. The summed E-state index contributed by atoms with van der Waals surface area (Å²) in [6, 6.07) is 7.91. The maximum atomic E-state index is 13.2. The first-order valence-electron chi connectivity index (χ1n) is 5.19. The number of thiophene rings is 1. The first-order valence-corrected chi connectivity index (χ1v) is 6.01. The van der Waals surface area contributed by atoms with Gasteiger partial charge in [-0.05, 0) is 37.3 Å². The molecule has 2 aromatic rings. The van der Waals surface area contributed by atoms with Crippen molar-refractivity contribution in [2.24, 2.45) is 0 Å². The van der Waals surface area contributed by atoms with Crippen molar-refractivity contribution in [1.29, 1.82) is 0 Å². The lowest BCUT2D eigenvalue weighted by Gasteiger charge is -2.13. The Morgan fingerprint density at radius 1 is 1.29 bits per heavy atom. The Morgan fingerprint density at radius 3 is 2.65 bits per heavy atom. The van der Waals surface area contributed by atoms with Crippen LogP contribution in [0.1, 0.15) is 21.4 Å². The van der Waals surface area contributed by atoms with Crippen molar-refractivity contribution in [2.75, 3.05) is 7.11 Å². The highest BCUT2D eigenvalue weighted by molar-refractivity contribution is 7.12. The van der Waals surface area contributed by atoms with E-state index in [2.05, 4.69) is 0 Å². The molecule has 2 rings (SSSR count). The molecule has 0 bridgehead atoms. The van der Waals surface area contributed by atoms with Gasteiger partial charge in [-0.15, -0.1) is 11.3 Å². The van der Waals surface area contributed by atoms with E-state index in [9.17, 15) is 9.50 Å². The van der Waals surface area contributed by atoms with Gasteiger partial charge >= 0.3 is 0 Å². The number of aryl methyl sites for hydroxylation is 1. The highest BCUT2D eigenvalue weighted by atomic mass is 32.1. The quantitative estimate of drug-likeness (QED) is 0.908. The van der Waals surface area contributed by atoms with Crippen LogP contribution < -0.4 is 4.74 Å². The van der Waals surface area contributed by atoms with Crippen LogP contribution in [0.5, 0.6) is 5.75 Å². The largest absolute Gasteiger partial charge is 0.496 e. The summed E-state index contributed by atoms with van der Waals surface area (Å²) in [7, 11) is 1.50. The van der Waals surface area contributed by atoms with Crippen LogP contribution in [0.4, 0.5) is 4.39 Å². The van der Waals surface area contributed by atoms with Gasteiger partial charge in [-0.25, -0.2) is 4.39 Å². The molecule has 0 saturated carbocycles. The number of aliphatic hydroxyl groups excluding tert-OH is 1. The molecule has 90 valence electrons. The molecular weight excluding hydrogens is 239 g/mol. The Morgan fingerprint density at radius 2 is 2.06 bits per heavy atom. The average Bonchev–Trinajstić information content (AvgIpc) is 2.75. The summed E-state index contributed by atoms with van der Waals surface area (Å²) in [5.74, 6) is 0.109. The lowest BCUT2D eigenvalue weighted by Crippen LogP contribution is -2.01. The molecule has 1 heterocycles. The molecule has 1 aromatic heterocycles. The molecule has 0 radical (unpaired) electrons. The van der Waals surface area contributed by atoms with Crippen LogP contribution in [0.3, 0.4) is 0 Å². The first-order chi connectivity index (χ1) is 8.11. The van der Waals surface area contributed by atoms with Gasteiger partial charge in [-0.1, -0.05) is 0 Å². The fourth-order valence-corrected chi connectivity index (χ4v) is 2.56. The number of rotatable bonds is 3. The summed E-state index contributed by atoms with van der Waals surface area (Å²) < 4.78 is 18.3. The fraction of sp³-hybridized carbons (Fsp3) is 0.231. The number of halogens is 1. The van der Waals surface area contributed by atoms with Gasteiger partial charge in [0.2, 0.25) is 0 Å². The molecule has 0 aliphatic carbocycles. The molecule has 4 heteroatoms.